The van der Waals surface area contributed by atoms with Crippen molar-refractivity contribution in [3.8, 4) is 11.6 Å². The molecule has 0 radical (unpaired) electrons. The minimum Gasteiger partial charge on any atom is -0.465 e. The third-order valence-corrected chi connectivity index (χ3v) is 2.74. The van der Waals surface area contributed by atoms with E-state index in [0.717, 1.165) is 17.2 Å². The minimum atomic E-state index is -1.23. The fourth-order valence-electron chi connectivity index (χ4n) is 1.55. The number of rotatable bonds is 4. The molecule has 1 aromatic heterocycles. The second kappa shape index (κ2) is 6.04. The van der Waals surface area contributed by atoms with E-state index in [-0.39, 0.29) is 23.0 Å². The van der Waals surface area contributed by atoms with Gasteiger partial charge >= 0.3 is 6.09 Å². The molecule has 0 bridgehead atoms. The highest BCUT2D eigenvalue weighted by atomic mass is 19.1. The van der Waals surface area contributed by atoms with Crippen LogP contribution in [0.4, 0.5) is 20.6 Å². The second-order valence-electron chi connectivity index (χ2n) is 4.17. The Balaban J connectivity index is 2.19. The molecule has 0 spiro atoms. The highest BCUT2D eigenvalue weighted by Gasteiger charge is 2.13. The molecule has 9 heteroatoms. The Hall–Kier alpha value is -3.23. The van der Waals surface area contributed by atoms with Crippen molar-refractivity contribution >= 4 is 17.5 Å². The molecule has 1 amide bonds. The van der Waals surface area contributed by atoms with E-state index in [0.29, 0.717) is 0 Å². The lowest BCUT2D eigenvalue weighted by molar-refractivity contribution is -0.385. The zero-order valence-corrected chi connectivity index (χ0v) is 11.3. The van der Waals surface area contributed by atoms with Gasteiger partial charge in [0.1, 0.15) is 6.20 Å². The van der Waals surface area contributed by atoms with Crippen LogP contribution in [0.3, 0.4) is 0 Å². The number of hydrogen-bond donors (Lipinski definition) is 1. The molecule has 1 N–H and O–H groups in total. The normalized spacial score (nSPS) is 10.1. The molecule has 0 saturated carbocycles. The first kappa shape index (κ1) is 15.2. The number of aromatic nitrogens is 1. The molecule has 22 heavy (non-hydrogen) atoms. The van der Waals surface area contributed by atoms with Gasteiger partial charge in [0.05, 0.1) is 4.92 Å². The van der Waals surface area contributed by atoms with E-state index in [1.54, 1.807) is 0 Å². The van der Waals surface area contributed by atoms with Crippen LogP contribution in [0.25, 0.3) is 0 Å². The number of nitrogens with zero attached hydrogens (tertiary/aromatic N) is 3. The molecule has 0 aliphatic carbocycles. The van der Waals surface area contributed by atoms with Crippen molar-refractivity contribution in [3.63, 3.8) is 0 Å². The van der Waals surface area contributed by atoms with Crippen LogP contribution in [0.15, 0.2) is 36.5 Å². The van der Waals surface area contributed by atoms with E-state index in [4.69, 9.17) is 9.84 Å². The Labute approximate surface area is 123 Å². The average molecular weight is 307 g/mol. The predicted octanol–water partition coefficient (Wildman–Crippen LogP) is 3.04. The highest BCUT2D eigenvalue weighted by molar-refractivity contribution is 5.85. The predicted molar refractivity (Wildman–Crippen MR) is 73.8 cm³/mol. The van der Waals surface area contributed by atoms with Gasteiger partial charge < -0.3 is 9.84 Å². The third kappa shape index (κ3) is 3.26. The van der Waals surface area contributed by atoms with Crippen molar-refractivity contribution in [1.82, 2.24) is 4.98 Å². The summed E-state index contributed by atoms with van der Waals surface area (Å²) in [5.41, 5.74) is -0.0831. The summed E-state index contributed by atoms with van der Waals surface area (Å²) in [6.45, 7) is 0. The lowest BCUT2D eigenvalue weighted by atomic mass is 10.2. The molecule has 0 unspecified atom stereocenters. The maximum Gasteiger partial charge on any atom is 0.411 e. The van der Waals surface area contributed by atoms with Gasteiger partial charge in [0, 0.05) is 30.9 Å². The summed E-state index contributed by atoms with van der Waals surface area (Å²) >= 11 is 0. The molecule has 0 saturated heterocycles. The van der Waals surface area contributed by atoms with Crippen molar-refractivity contribution < 1.29 is 24.0 Å². The maximum atomic E-state index is 13.9. The Morgan fingerprint density at radius 2 is 2.14 bits per heavy atom. The molecule has 0 fully saturated rings. The van der Waals surface area contributed by atoms with Crippen LogP contribution in [0.2, 0.25) is 0 Å². The van der Waals surface area contributed by atoms with E-state index in [2.05, 4.69) is 4.98 Å². The van der Waals surface area contributed by atoms with Crippen LogP contribution in [-0.2, 0) is 0 Å². The summed E-state index contributed by atoms with van der Waals surface area (Å²) in [4.78, 5) is 25.2. The molecule has 0 aliphatic heterocycles. The molecule has 1 heterocycles. The van der Waals surface area contributed by atoms with Crippen molar-refractivity contribution in [2.75, 3.05) is 11.9 Å². The van der Waals surface area contributed by atoms with Gasteiger partial charge in [-0.05, 0) is 12.1 Å². The number of amides is 1. The van der Waals surface area contributed by atoms with Crippen molar-refractivity contribution in [2.45, 2.75) is 0 Å². The number of nitro groups is 1. The first-order valence-electron chi connectivity index (χ1n) is 5.93. The van der Waals surface area contributed by atoms with Crippen LogP contribution in [0.5, 0.6) is 11.6 Å². The van der Waals surface area contributed by atoms with Crippen LogP contribution in [0, 0.1) is 15.9 Å². The fourth-order valence-corrected chi connectivity index (χ4v) is 1.55. The standard InChI is InChI=1S/C13H10FN3O5/c1-16(13(18)19)8-2-4-11(10(14)6-8)22-12-5-3-9(7-15-12)17(20)21/h2-7H,1H3,(H,18,19). The molecular weight excluding hydrogens is 297 g/mol. The molecule has 2 rings (SSSR count). The molecule has 0 aliphatic rings. The monoisotopic (exact) mass is 307 g/mol. The molecule has 2 aromatic rings. The van der Waals surface area contributed by atoms with E-state index in [9.17, 15) is 19.3 Å². The number of ether oxygens (including phenoxy) is 1. The van der Waals surface area contributed by atoms with E-state index in [1.807, 2.05) is 0 Å². The molecule has 0 atom stereocenters. The summed E-state index contributed by atoms with van der Waals surface area (Å²) in [6, 6.07) is 6.00. The van der Waals surface area contributed by atoms with Gasteiger partial charge in [0.25, 0.3) is 5.69 Å². The first-order chi connectivity index (χ1) is 10.4. The van der Waals surface area contributed by atoms with Crippen LogP contribution >= 0.6 is 0 Å². The number of carboxylic acid groups (broad SMARTS) is 1. The number of anilines is 1. The molecular formula is C13H10FN3O5. The largest absolute Gasteiger partial charge is 0.465 e. The Kier molecular flexibility index (Phi) is 4.16. The number of benzene rings is 1. The lowest BCUT2D eigenvalue weighted by Gasteiger charge is -2.14. The lowest BCUT2D eigenvalue weighted by Crippen LogP contribution is -2.23. The van der Waals surface area contributed by atoms with Gasteiger partial charge in [0.15, 0.2) is 11.6 Å². The van der Waals surface area contributed by atoms with Gasteiger partial charge in [0.2, 0.25) is 5.88 Å². The Bertz CT molecular complexity index is 720. The van der Waals surface area contributed by atoms with Gasteiger partial charge in [-0.2, -0.15) is 0 Å². The van der Waals surface area contributed by atoms with E-state index >= 15 is 0 Å². The maximum absolute atomic E-state index is 13.9. The quantitative estimate of drug-likeness (QED) is 0.687. The molecule has 8 nitrogen and oxygen atoms in total. The highest BCUT2D eigenvalue weighted by Crippen LogP contribution is 2.27. The van der Waals surface area contributed by atoms with E-state index in [1.165, 1.54) is 31.3 Å². The summed E-state index contributed by atoms with van der Waals surface area (Å²) in [7, 11) is 1.27. The van der Waals surface area contributed by atoms with Crippen LogP contribution in [-0.4, -0.2) is 28.2 Å². The third-order valence-electron chi connectivity index (χ3n) is 2.74. The van der Waals surface area contributed by atoms with Crippen LogP contribution in [0.1, 0.15) is 0 Å². The number of hydrogen-bond acceptors (Lipinski definition) is 5. The zero-order valence-electron chi connectivity index (χ0n) is 11.3. The van der Waals surface area contributed by atoms with Crippen molar-refractivity contribution in [3.05, 3.63) is 52.5 Å². The molecule has 114 valence electrons. The minimum absolute atomic E-state index is 0.0242. The first-order valence-corrected chi connectivity index (χ1v) is 5.93. The van der Waals surface area contributed by atoms with Gasteiger partial charge in [-0.1, -0.05) is 0 Å². The summed E-state index contributed by atoms with van der Waals surface area (Å²) in [5, 5.41) is 19.3. The van der Waals surface area contributed by atoms with Crippen LogP contribution < -0.4 is 9.64 Å². The van der Waals surface area contributed by atoms with Gasteiger partial charge in [-0.25, -0.2) is 14.2 Å². The Morgan fingerprint density at radius 1 is 1.41 bits per heavy atom. The Morgan fingerprint density at radius 3 is 2.64 bits per heavy atom. The second-order valence-corrected chi connectivity index (χ2v) is 4.17. The van der Waals surface area contributed by atoms with E-state index < -0.39 is 16.8 Å². The summed E-state index contributed by atoms with van der Waals surface area (Å²) in [5.74, 6) is -0.988. The summed E-state index contributed by atoms with van der Waals surface area (Å²) in [6.07, 6.45) is -0.245. The fraction of sp³-hybridized carbons (Fsp3) is 0.0769. The van der Waals surface area contributed by atoms with Crippen molar-refractivity contribution in [1.29, 1.82) is 0 Å². The number of halogens is 1. The number of pyridine rings is 1. The SMILES string of the molecule is CN(C(=O)O)c1ccc(Oc2ccc([N+](=O)[O-])cn2)c(F)c1. The number of carbonyl (C=O) groups is 1. The summed E-state index contributed by atoms with van der Waals surface area (Å²) < 4.78 is 19.1. The average Bonchev–Trinajstić information content (AvgIpc) is 2.49. The topological polar surface area (TPSA) is 106 Å². The zero-order chi connectivity index (χ0) is 16.3. The van der Waals surface area contributed by atoms with Gasteiger partial charge in [-0.3, -0.25) is 15.0 Å². The molecule has 1 aromatic carbocycles. The van der Waals surface area contributed by atoms with Crippen molar-refractivity contribution in [2.24, 2.45) is 0 Å². The smallest absolute Gasteiger partial charge is 0.411 e. The van der Waals surface area contributed by atoms with Gasteiger partial charge in [-0.15, -0.1) is 0 Å².